The second-order valence-electron chi connectivity index (χ2n) is 4.13. The minimum Gasteiger partial charge on any atom is -0.493 e. The lowest BCUT2D eigenvalue weighted by molar-refractivity contribution is 0.322. The van der Waals surface area contributed by atoms with Crippen LogP contribution < -0.4 is 10.1 Å². The van der Waals surface area contributed by atoms with Crippen molar-refractivity contribution in [2.45, 2.75) is 19.9 Å². The molecule has 0 aliphatic heterocycles. The van der Waals surface area contributed by atoms with E-state index in [1.807, 2.05) is 31.6 Å². The van der Waals surface area contributed by atoms with Gasteiger partial charge in [-0.05, 0) is 31.7 Å². The molecular formula is C14H18N2OS. The Balaban J connectivity index is 1.81. The van der Waals surface area contributed by atoms with Crippen molar-refractivity contribution in [2.75, 3.05) is 13.7 Å². The van der Waals surface area contributed by atoms with Crippen molar-refractivity contribution in [2.24, 2.45) is 0 Å². The summed E-state index contributed by atoms with van der Waals surface area (Å²) in [5.74, 6) is 0.928. The molecule has 0 spiro atoms. The molecule has 0 amide bonds. The third-order valence-electron chi connectivity index (χ3n) is 2.75. The first-order chi connectivity index (χ1) is 8.79. The van der Waals surface area contributed by atoms with Crippen LogP contribution in [0.1, 0.15) is 16.1 Å². The molecule has 0 bridgehead atoms. The highest BCUT2D eigenvalue weighted by molar-refractivity contribution is 7.09. The van der Waals surface area contributed by atoms with Crippen LogP contribution >= 0.6 is 11.3 Å². The number of hydrogen-bond donors (Lipinski definition) is 1. The first-order valence-corrected chi connectivity index (χ1v) is 6.93. The van der Waals surface area contributed by atoms with Gasteiger partial charge in [-0.15, -0.1) is 11.3 Å². The van der Waals surface area contributed by atoms with Crippen LogP contribution in [0.3, 0.4) is 0 Å². The van der Waals surface area contributed by atoms with Gasteiger partial charge in [-0.1, -0.05) is 12.1 Å². The number of hydrogen-bond acceptors (Lipinski definition) is 4. The summed E-state index contributed by atoms with van der Waals surface area (Å²) in [5, 5.41) is 3.13. The van der Waals surface area contributed by atoms with E-state index in [0.717, 1.165) is 24.4 Å². The van der Waals surface area contributed by atoms with Gasteiger partial charge in [0.2, 0.25) is 0 Å². The van der Waals surface area contributed by atoms with Gasteiger partial charge >= 0.3 is 0 Å². The first-order valence-electron chi connectivity index (χ1n) is 6.05. The number of aromatic nitrogens is 1. The molecule has 1 N–H and O–H groups in total. The number of nitrogens with zero attached hydrogens (tertiary/aromatic N) is 1. The van der Waals surface area contributed by atoms with Crippen molar-refractivity contribution in [3.8, 4) is 5.75 Å². The predicted octanol–water partition coefficient (Wildman–Crippen LogP) is 2.79. The van der Waals surface area contributed by atoms with Crippen molar-refractivity contribution in [3.63, 3.8) is 0 Å². The van der Waals surface area contributed by atoms with Crippen LogP contribution in [0.5, 0.6) is 5.75 Å². The molecule has 0 saturated carbocycles. The van der Waals surface area contributed by atoms with Crippen LogP contribution in [0.15, 0.2) is 29.8 Å². The quantitative estimate of drug-likeness (QED) is 0.869. The Morgan fingerprint density at radius 1 is 1.28 bits per heavy atom. The Labute approximate surface area is 112 Å². The van der Waals surface area contributed by atoms with E-state index in [1.165, 1.54) is 10.4 Å². The molecule has 2 aromatic rings. The highest BCUT2D eigenvalue weighted by Crippen LogP contribution is 2.15. The van der Waals surface area contributed by atoms with E-state index in [-0.39, 0.29) is 0 Å². The second-order valence-corrected chi connectivity index (χ2v) is 5.07. The Morgan fingerprint density at radius 3 is 2.67 bits per heavy atom. The summed E-state index contributed by atoms with van der Waals surface area (Å²) >= 11 is 1.69. The summed E-state index contributed by atoms with van der Waals surface area (Å²) < 4.78 is 5.73. The molecule has 2 rings (SSSR count). The standard InChI is InChI=1S/C14H18N2OS/c1-11-14(18-10-16-11)7-8-17-13-5-3-12(4-6-13)9-15-2/h3-6,10,15H,7-9H2,1-2H3. The molecule has 0 aliphatic rings. The molecule has 1 aromatic carbocycles. The fourth-order valence-corrected chi connectivity index (χ4v) is 2.50. The minimum atomic E-state index is 0.703. The van der Waals surface area contributed by atoms with Crippen molar-refractivity contribution in [1.29, 1.82) is 0 Å². The molecular weight excluding hydrogens is 244 g/mol. The molecule has 1 aromatic heterocycles. The zero-order valence-corrected chi connectivity index (χ0v) is 11.6. The van der Waals surface area contributed by atoms with Crippen molar-refractivity contribution in [1.82, 2.24) is 10.3 Å². The molecule has 0 atom stereocenters. The Bertz CT molecular complexity index is 479. The summed E-state index contributed by atoms with van der Waals surface area (Å²) in [6.07, 6.45) is 0.925. The minimum absolute atomic E-state index is 0.703. The van der Waals surface area contributed by atoms with E-state index in [2.05, 4.69) is 22.4 Å². The van der Waals surface area contributed by atoms with E-state index < -0.39 is 0 Å². The normalized spacial score (nSPS) is 10.6. The summed E-state index contributed by atoms with van der Waals surface area (Å²) in [6, 6.07) is 8.21. The lowest BCUT2D eigenvalue weighted by Gasteiger charge is -2.06. The van der Waals surface area contributed by atoms with Crippen molar-refractivity contribution < 1.29 is 4.74 Å². The van der Waals surface area contributed by atoms with Gasteiger partial charge in [0.15, 0.2) is 0 Å². The zero-order valence-electron chi connectivity index (χ0n) is 10.8. The highest BCUT2D eigenvalue weighted by Gasteiger charge is 2.01. The summed E-state index contributed by atoms with van der Waals surface area (Å²) in [7, 11) is 1.95. The van der Waals surface area contributed by atoms with E-state index in [1.54, 1.807) is 11.3 Å². The molecule has 1 heterocycles. The SMILES string of the molecule is CNCc1ccc(OCCc2scnc2C)cc1. The molecule has 0 radical (unpaired) electrons. The smallest absolute Gasteiger partial charge is 0.119 e. The number of aryl methyl sites for hydroxylation is 1. The lowest BCUT2D eigenvalue weighted by Crippen LogP contribution is -2.05. The van der Waals surface area contributed by atoms with Crippen LogP contribution in [0.2, 0.25) is 0 Å². The topological polar surface area (TPSA) is 34.1 Å². The van der Waals surface area contributed by atoms with E-state index in [4.69, 9.17) is 4.74 Å². The molecule has 0 saturated heterocycles. The van der Waals surface area contributed by atoms with Gasteiger partial charge in [0.1, 0.15) is 5.75 Å². The summed E-state index contributed by atoms with van der Waals surface area (Å²) in [4.78, 5) is 5.54. The molecule has 3 nitrogen and oxygen atoms in total. The summed E-state index contributed by atoms with van der Waals surface area (Å²) in [6.45, 7) is 3.63. The highest BCUT2D eigenvalue weighted by atomic mass is 32.1. The summed E-state index contributed by atoms with van der Waals surface area (Å²) in [5.41, 5.74) is 4.27. The van der Waals surface area contributed by atoms with Crippen LogP contribution in [0.25, 0.3) is 0 Å². The number of rotatable bonds is 6. The average Bonchev–Trinajstić information content (AvgIpc) is 2.78. The van der Waals surface area contributed by atoms with Gasteiger partial charge in [-0.25, -0.2) is 4.98 Å². The van der Waals surface area contributed by atoms with E-state index in [9.17, 15) is 0 Å². The fraction of sp³-hybridized carbons (Fsp3) is 0.357. The number of ether oxygens (including phenoxy) is 1. The molecule has 0 aliphatic carbocycles. The third kappa shape index (κ3) is 3.55. The fourth-order valence-electron chi connectivity index (χ4n) is 1.74. The maximum absolute atomic E-state index is 5.73. The van der Waals surface area contributed by atoms with Crippen molar-refractivity contribution in [3.05, 3.63) is 45.9 Å². The average molecular weight is 262 g/mol. The van der Waals surface area contributed by atoms with Gasteiger partial charge in [0.25, 0.3) is 0 Å². The second kappa shape index (κ2) is 6.52. The largest absolute Gasteiger partial charge is 0.493 e. The first kappa shape index (κ1) is 13.1. The Kier molecular flexibility index (Phi) is 4.73. The van der Waals surface area contributed by atoms with Gasteiger partial charge in [-0.3, -0.25) is 0 Å². The van der Waals surface area contributed by atoms with Gasteiger partial charge in [-0.2, -0.15) is 0 Å². The van der Waals surface area contributed by atoms with Crippen molar-refractivity contribution >= 4 is 11.3 Å². The Hall–Kier alpha value is -1.39. The monoisotopic (exact) mass is 262 g/mol. The molecule has 18 heavy (non-hydrogen) atoms. The molecule has 0 unspecified atom stereocenters. The zero-order chi connectivity index (χ0) is 12.8. The molecule has 4 heteroatoms. The number of thiazole rings is 1. The number of benzene rings is 1. The maximum atomic E-state index is 5.73. The van der Waals surface area contributed by atoms with Gasteiger partial charge < -0.3 is 10.1 Å². The third-order valence-corrected chi connectivity index (χ3v) is 3.74. The van der Waals surface area contributed by atoms with Gasteiger partial charge in [0.05, 0.1) is 17.8 Å². The number of nitrogens with one attached hydrogen (secondary N) is 1. The molecule has 0 fully saturated rings. The predicted molar refractivity (Wildman–Crippen MR) is 75.3 cm³/mol. The van der Waals surface area contributed by atoms with Crippen LogP contribution in [-0.4, -0.2) is 18.6 Å². The maximum Gasteiger partial charge on any atom is 0.119 e. The van der Waals surface area contributed by atoms with Crippen LogP contribution in [0, 0.1) is 6.92 Å². The van der Waals surface area contributed by atoms with Gasteiger partial charge in [0, 0.05) is 17.8 Å². The van der Waals surface area contributed by atoms with Crippen LogP contribution in [0.4, 0.5) is 0 Å². The van der Waals surface area contributed by atoms with Crippen LogP contribution in [-0.2, 0) is 13.0 Å². The van der Waals surface area contributed by atoms with E-state index >= 15 is 0 Å². The Morgan fingerprint density at radius 2 is 2.06 bits per heavy atom. The lowest BCUT2D eigenvalue weighted by atomic mass is 10.2. The van der Waals surface area contributed by atoms with E-state index in [0.29, 0.717) is 6.61 Å². The molecule has 96 valence electrons.